The summed E-state index contributed by atoms with van der Waals surface area (Å²) in [6.07, 6.45) is 0.510. The van der Waals surface area contributed by atoms with Crippen LogP contribution >= 0.6 is 11.3 Å². The second-order valence-corrected chi connectivity index (χ2v) is 6.21. The Hall–Kier alpha value is -2.66. The summed E-state index contributed by atoms with van der Waals surface area (Å²) in [6, 6.07) is 18.1. The normalized spacial score (nSPS) is 10.5. The Morgan fingerprint density at radius 2 is 1.75 bits per heavy atom. The first-order valence-corrected chi connectivity index (χ1v) is 8.50. The smallest absolute Gasteiger partial charge is 0.119 e. The molecule has 4 nitrogen and oxygen atoms in total. The molecule has 0 unspecified atom stereocenters. The summed E-state index contributed by atoms with van der Waals surface area (Å²) in [4.78, 5) is 14.8. The zero-order valence-electron chi connectivity index (χ0n) is 13.0. The van der Waals surface area contributed by atoms with Gasteiger partial charge in [0.15, 0.2) is 0 Å². The molecule has 2 aromatic carbocycles. The highest BCUT2D eigenvalue weighted by molar-refractivity contribution is 7.09. The molecule has 0 bridgehead atoms. The number of aliphatic carboxylic acids is 1. The van der Waals surface area contributed by atoms with Crippen LogP contribution in [-0.2, 0) is 17.6 Å². The minimum atomic E-state index is -1.11. The molecule has 5 heteroatoms. The van der Waals surface area contributed by atoms with Gasteiger partial charge in [-0.05, 0) is 23.3 Å². The van der Waals surface area contributed by atoms with Crippen molar-refractivity contribution in [3.8, 4) is 16.9 Å². The minimum Gasteiger partial charge on any atom is -0.550 e. The summed E-state index contributed by atoms with van der Waals surface area (Å²) >= 11 is 1.44. The Morgan fingerprint density at radius 1 is 1.04 bits per heavy atom. The SMILES string of the molecule is O=C([O-])Cc1csc(CCOc2ccc(-c3ccccc3)cc2)n1. The van der Waals surface area contributed by atoms with E-state index >= 15 is 0 Å². The molecule has 0 saturated heterocycles. The lowest BCUT2D eigenvalue weighted by atomic mass is 10.1. The van der Waals surface area contributed by atoms with Gasteiger partial charge in [-0.1, -0.05) is 42.5 Å². The quantitative estimate of drug-likeness (QED) is 0.664. The lowest BCUT2D eigenvalue weighted by Crippen LogP contribution is -2.24. The van der Waals surface area contributed by atoms with Crippen molar-refractivity contribution in [2.45, 2.75) is 12.8 Å². The van der Waals surface area contributed by atoms with E-state index in [-0.39, 0.29) is 6.42 Å². The number of carboxylic acids is 1. The van der Waals surface area contributed by atoms with Gasteiger partial charge in [0.1, 0.15) is 5.75 Å². The molecule has 0 atom stereocenters. The van der Waals surface area contributed by atoms with Gasteiger partial charge in [-0.25, -0.2) is 4.98 Å². The van der Waals surface area contributed by atoms with Crippen molar-refractivity contribution in [2.24, 2.45) is 0 Å². The van der Waals surface area contributed by atoms with Crippen LogP contribution in [0.5, 0.6) is 5.75 Å². The van der Waals surface area contributed by atoms with E-state index in [2.05, 4.69) is 17.1 Å². The number of rotatable bonds is 7. The van der Waals surface area contributed by atoms with E-state index in [1.165, 1.54) is 16.9 Å². The van der Waals surface area contributed by atoms with E-state index < -0.39 is 5.97 Å². The fraction of sp³-hybridized carbons (Fsp3) is 0.158. The second-order valence-electron chi connectivity index (χ2n) is 5.27. The van der Waals surface area contributed by atoms with E-state index in [9.17, 15) is 9.90 Å². The minimum absolute atomic E-state index is 0.141. The number of aromatic nitrogens is 1. The number of hydrogen-bond donors (Lipinski definition) is 0. The zero-order valence-corrected chi connectivity index (χ0v) is 13.8. The van der Waals surface area contributed by atoms with E-state index in [0.717, 1.165) is 16.3 Å². The van der Waals surface area contributed by atoms with Crippen LogP contribution in [-0.4, -0.2) is 17.6 Å². The number of thiazole rings is 1. The van der Waals surface area contributed by atoms with Crippen LogP contribution in [0.4, 0.5) is 0 Å². The van der Waals surface area contributed by atoms with E-state index in [1.807, 2.05) is 42.5 Å². The van der Waals surface area contributed by atoms with Gasteiger partial charge in [-0.15, -0.1) is 11.3 Å². The maximum absolute atomic E-state index is 10.5. The fourth-order valence-corrected chi connectivity index (χ4v) is 3.10. The van der Waals surface area contributed by atoms with Crippen molar-refractivity contribution in [2.75, 3.05) is 6.61 Å². The van der Waals surface area contributed by atoms with Crippen LogP contribution in [0.2, 0.25) is 0 Å². The summed E-state index contributed by atoms with van der Waals surface area (Å²) in [7, 11) is 0. The number of carboxylic acid groups (broad SMARTS) is 1. The number of nitrogens with zero attached hydrogens (tertiary/aromatic N) is 1. The van der Waals surface area contributed by atoms with Crippen LogP contribution < -0.4 is 9.84 Å². The number of carbonyl (C=O) groups excluding carboxylic acids is 1. The standard InChI is InChI=1S/C19H17NO3S/c21-19(22)12-16-13-24-18(20-16)10-11-23-17-8-6-15(7-9-17)14-4-2-1-3-5-14/h1-9,13H,10-12H2,(H,21,22)/p-1. The first-order chi connectivity index (χ1) is 11.7. The molecule has 1 heterocycles. The molecule has 0 N–H and O–H groups in total. The number of benzene rings is 2. The van der Waals surface area contributed by atoms with Crippen LogP contribution in [0.1, 0.15) is 10.7 Å². The molecule has 0 aliphatic rings. The van der Waals surface area contributed by atoms with E-state index in [4.69, 9.17) is 4.74 Å². The summed E-state index contributed by atoms with van der Waals surface area (Å²) in [6.45, 7) is 0.503. The maximum atomic E-state index is 10.5. The summed E-state index contributed by atoms with van der Waals surface area (Å²) in [5.41, 5.74) is 2.87. The Labute approximate surface area is 144 Å². The third kappa shape index (κ3) is 4.43. The Balaban J connectivity index is 1.52. The van der Waals surface area contributed by atoms with Gasteiger partial charge in [0, 0.05) is 24.2 Å². The maximum Gasteiger partial charge on any atom is 0.119 e. The van der Waals surface area contributed by atoms with Crippen molar-refractivity contribution >= 4 is 17.3 Å². The Kier molecular flexibility index (Phi) is 5.23. The van der Waals surface area contributed by atoms with Gasteiger partial charge >= 0.3 is 0 Å². The zero-order chi connectivity index (χ0) is 16.8. The van der Waals surface area contributed by atoms with Crippen molar-refractivity contribution in [3.63, 3.8) is 0 Å². The van der Waals surface area contributed by atoms with Gasteiger partial charge in [-0.3, -0.25) is 0 Å². The molecule has 0 fully saturated rings. The molecule has 0 saturated carbocycles. The number of carbonyl (C=O) groups is 1. The average molecular weight is 338 g/mol. The lowest BCUT2D eigenvalue weighted by molar-refractivity contribution is -0.304. The summed E-state index contributed by atoms with van der Waals surface area (Å²) in [5.74, 6) is -0.303. The Morgan fingerprint density at radius 3 is 2.46 bits per heavy atom. The molecular weight excluding hydrogens is 322 g/mol. The van der Waals surface area contributed by atoms with Crippen molar-refractivity contribution < 1.29 is 14.6 Å². The van der Waals surface area contributed by atoms with Crippen molar-refractivity contribution in [3.05, 3.63) is 70.7 Å². The molecule has 0 spiro atoms. The highest BCUT2D eigenvalue weighted by Crippen LogP contribution is 2.22. The predicted octanol–water partition coefficient (Wildman–Crippen LogP) is 2.72. The van der Waals surface area contributed by atoms with Crippen LogP contribution in [0.25, 0.3) is 11.1 Å². The highest BCUT2D eigenvalue weighted by atomic mass is 32.1. The van der Waals surface area contributed by atoms with Crippen LogP contribution in [0.3, 0.4) is 0 Å². The molecule has 1 aromatic heterocycles. The van der Waals surface area contributed by atoms with Gasteiger partial charge in [0.2, 0.25) is 0 Å². The molecule has 24 heavy (non-hydrogen) atoms. The Bertz CT molecular complexity index is 797. The van der Waals surface area contributed by atoms with E-state index in [1.54, 1.807) is 5.38 Å². The molecule has 3 aromatic rings. The first-order valence-electron chi connectivity index (χ1n) is 7.62. The lowest BCUT2D eigenvalue weighted by Gasteiger charge is -2.06. The van der Waals surface area contributed by atoms with Crippen molar-refractivity contribution in [1.29, 1.82) is 0 Å². The highest BCUT2D eigenvalue weighted by Gasteiger charge is 2.03. The first kappa shape index (κ1) is 16.2. The third-order valence-corrected chi connectivity index (χ3v) is 4.43. The fourth-order valence-electron chi connectivity index (χ4n) is 2.32. The van der Waals surface area contributed by atoms with Gasteiger partial charge in [0.25, 0.3) is 0 Å². The molecule has 0 amide bonds. The summed E-state index contributed by atoms with van der Waals surface area (Å²) < 4.78 is 5.73. The molecule has 3 rings (SSSR count). The van der Waals surface area contributed by atoms with Gasteiger partial charge < -0.3 is 14.6 Å². The average Bonchev–Trinajstić information content (AvgIpc) is 3.03. The van der Waals surface area contributed by atoms with Crippen LogP contribution in [0, 0.1) is 0 Å². The topological polar surface area (TPSA) is 62.2 Å². The predicted molar refractivity (Wildman–Crippen MR) is 91.9 cm³/mol. The molecular formula is C19H16NO3S-. The second kappa shape index (κ2) is 7.75. The van der Waals surface area contributed by atoms with Crippen LogP contribution in [0.15, 0.2) is 60.0 Å². The van der Waals surface area contributed by atoms with Gasteiger partial charge in [0.05, 0.1) is 17.3 Å². The van der Waals surface area contributed by atoms with Crippen molar-refractivity contribution in [1.82, 2.24) is 4.98 Å². The summed E-state index contributed by atoms with van der Waals surface area (Å²) in [5, 5.41) is 13.2. The molecule has 0 aliphatic carbocycles. The van der Waals surface area contributed by atoms with Gasteiger partial charge in [-0.2, -0.15) is 0 Å². The monoisotopic (exact) mass is 338 g/mol. The molecule has 0 aliphatic heterocycles. The number of ether oxygens (including phenoxy) is 1. The third-order valence-electron chi connectivity index (χ3n) is 3.47. The number of hydrogen-bond acceptors (Lipinski definition) is 5. The largest absolute Gasteiger partial charge is 0.550 e. The molecule has 0 radical (unpaired) electrons. The van der Waals surface area contributed by atoms with E-state index in [0.29, 0.717) is 18.7 Å². The molecule has 122 valence electrons.